The van der Waals surface area contributed by atoms with Crippen LogP contribution in [0.3, 0.4) is 0 Å². The third-order valence-corrected chi connectivity index (χ3v) is 5.80. The summed E-state index contributed by atoms with van der Waals surface area (Å²) in [5.41, 5.74) is -0.646. The maximum atomic E-state index is 11.5. The number of hydrogen-bond donors (Lipinski definition) is 2. The molecule has 0 aliphatic heterocycles. The third-order valence-electron chi connectivity index (χ3n) is 5.18. The molecule has 0 aliphatic rings. The molecule has 0 bridgehead atoms. The summed E-state index contributed by atoms with van der Waals surface area (Å²) in [7, 11) is -4.44. The zero-order valence-electron chi connectivity index (χ0n) is 17.0. The van der Waals surface area contributed by atoms with Crippen LogP contribution in [0.1, 0.15) is 124 Å². The van der Waals surface area contributed by atoms with E-state index in [-0.39, 0.29) is 0 Å². The fraction of sp³-hybridized carbons (Fsp3) is 1.00. The fourth-order valence-electron chi connectivity index (χ4n) is 3.52. The van der Waals surface area contributed by atoms with Crippen molar-refractivity contribution in [3.8, 4) is 0 Å². The predicted molar refractivity (Wildman–Crippen MR) is 107 cm³/mol. The quantitative estimate of drug-likeness (QED) is 0.196. The second-order valence-electron chi connectivity index (χ2n) is 7.51. The van der Waals surface area contributed by atoms with Crippen LogP contribution >= 0.6 is 7.82 Å². The molecule has 1 atom stereocenters. The zero-order chi connectivity index (χ0) is 19.0. The van der Waals surface area contributed by atoms with Gasteiger partial charge in [0.1, 0.15) is 0 Å². The van der Waals surface area contributed by atoms with Crippen LogP contribution in [-0.4, -0.2) is 15.4 Å². The first-order valence-corrected chi connectivity index (χ1v) is 12.2. The molecule has 152 valence electrons. The minimum absolute atomic E-state index is 0.646. The van der Waals surface area contributed by atoms with Crippen LogP contribution in [0.25, 0.3) is 0 Å². The van der Waals surface area contributed by atoms with Gasteiger partial charge in [-0.1, -0.05) is 104 Å². The number of phosphoric acid groups is 1. The number of hydrogen-bond acceptors (Lipinski definition) is 2. The van der Waals surface area contributed by atoms with E-state index in [4.69, 9.17) is 4.52 Å². The average Bonchev–Trinajstić information content (AvgIpc) is 2.55. The first-order valence-electron chi connectivity index (χ1n) is 10.7. The highest BCUT2D eigenvalue weighted by Crippen LogP contribution is 2.46. The Hall–Kier alpha value is 0.110. The lowest BCUT2D eigenvalue weighted by atomic mass is 9.87. The van der Waals surface area contributed by atoms with Gasteiger partial charge in [0.25, 0.3) is 0 Å². The molecule has 1 unspecified atom stereocenters. The molecule has 0 amide bonds. The molecule has 5 heteroatoms. The van der Waals surface area contributed by atoms with Crippen molar-refractivity contribution >= 4 is 7.82 Å². The van der Waals surface area contributed by atoms with Crippen LogP contribution < -0.4 is 0 Å². The van der Waals surface area contributed by atoms with E-state index in [2.05, 4.69) is 13.8 Å². The molecule has 4 nitrogen and oxygen atoms in total. The first kappa shape index (κ1) is 25.1. The molecule has 0 rings (SSSR count). The Morgan fingerprint density at radius 1 is 0.680 bits per heavy atom. The lowest BCUT2D eigenvalue weighted by molar-refractivity contribution is 0.0113. The Kier molecular flexibility index (Phi) is 15.3. The Balaban J connectivity index is 4.30. The Bertz CT molecular complexity index is 343. The van der Waals surface area contributed by atoms with Crippen molar-refractivity contribution in [1.29, 1.82) is 0 Å². The number of phosphoric ester groups is 1. The van der Waals surface area contributed by atoms with Crippen molar-refractivity contribution < 1.29 is 18.9 Å². The van der Waals surface area contributed by atoms with Gasteiger partial charge in [0, 0.05) is 0 Å². The molecule has 0 spiro atoms. The molecule has 0 saturated carbocycles. The summed E-state index contributed by atoms with van der Waals surface area (Å²) in [6, 6.07) is 0. The summed E-state index contributed by atoms with van der Waals surface area (Å²) >= 11 is 0. The standard InChI is InChI=1S/C20H43O4P/c1-4-7-9-11-13-15-17-19-20(6-3,24-25(21,22)23)18-16-14-12-10-8-5-2/h4-19H2,1-3H3,(H2,21,22,23). The molecule has 25 heavy (non-hydrogen) atoms. The van der Waals surface area contributed by atoms with Crippen LogP contribution in [0.15, 0.2) is 0 Å². The summed E-state index contributed by atoms with van der Waals surface area (Å²) < 4.78 is 16.8. The summed E-state index contributed by atoms with van der Waals surface area (Å²) in [6.45, 7) is 6.42. The van der Waals surface area contributed by atoms with Crippen LogP contribution in [0.5, 0.6) is 0 Å². The number of rotatable bonds is 18. The van der Waals surface area contributed by atoms with Gasteiger partial charge >= 0.3 is 7.82 Å². The van der Waals surface area contributed by atoms with E-state index in [0.717, 1.165) is 38.5 Å². The lowest BCUT2D eigenvalue weighted by Gasteiger charge is -2.33. The normalized spacial score (nSPS) is 14.6. The fourth-order valence-corrected chi connectivity index (χ4v) is 4.33. The van der Waals surface area contributed by atoms with Crippen molar-refractivity contribution in [2.45, 2.75) is 129 Å². The highest BCUT2D eigenvalue weighted by Gasteiger charge is 2.35. The van der Waals surface area contributed by atoms with Gasteiger partial charge in [-0.3, -0.25) is 4.52 Å². The van der Waals surface area contributed by atoms with Gasteiger partial charge < -0.3 is 9.79 Å². The second kappa shape index (κ2) is 15.2. The van der Waals surface area contributed by atoms with Crippen molar-refractivity contribution in [2.75, 3.05) is 0 Å². The SMILES string of the molecule is CCCCCCCCCC(CC)(CCCCCCCC)OP(=O)(O)O. The van der Waals surface area contributed by atoms with Gasteiger partial charge in [0.2, 0.25) is 0 Å². The largest absolute Gasteiger partial charge is 0.470 e. The summed E-state index contributed by atoms with van der Waals surface area (Å²) in [4.78, 5) is 18.7. The van der Waals surface area contributed by atoms with Gasteiger partial charge in [-0.05, 0) is 19.3 Å². The topological polar surface area (TPSA) is 66.8 Å². The van der Waals surface area contributed by atoms with E-state index in [9.17, 15) is 14.4 Å². The molecule has 0 aromatic carbocycles. The maximum Gasteiger partial charge on any atom is 0.470 e. The molecule has 2 N–H and O–H groups in total. The highest BCUT2D eigenvalue weighted by atomic mass is 31.2. The molecular formula is C20H43O4P. The Morgan fingerprint density at radius 2 is 1.04 bits per heavy atom. The van der Waals surface area contributed by atoms with E-state index in [1.807, 2.05) is 6.92 Å². The second-order valence-corrected chi connectivity index (χ2v) is 8.67. The zero-order valence-corrected chi connectivity index (χ0v) is 17.9. The summed E-state index contributed by atoms with van der Waals surface area (Å²) in [5.74, 6) is 0. The molecule has 0 aliphatic carbocycles. The molecule has 0 heterocycles. The van der Waals surface area contributed by atoms with Crippen LogP contribution in [0, 0.1) is 0 Å². The van der Waals surface area contributed by atoms with E-state index >= 15 is 0 Å². The van der Waals surface area contributed by atoms with Crippen LogP contribution in [0.4, 0.5) is 0 Å². The van der Waals surface area contributed by atoms with E-state index in [1.54, 1.807) is 0 Å². The molecule has 0 radical (unpaired) electrons. The van der Waals surface area contributed by atoms with Crippen molar-refractivity contribution in [3.63, 3.8) is 0 Å². The monoisotopic (exact) mass is 378 g/mol. The first-order chi connectivity index (χ1) is 11.9. The van der Waals surface area contributed by atoms with Gasteiger partial charge in [-0.15, -0.1) is 0 Å². The predicted octanol–water partition coefficient (Wildman–Crippen LogP) is 7.14. The van der Waals surface area contributed by atoms with E-state index in [1.165, 1.54) is 57.8 Å². The molecule has 0 aromatic heterocycles. The third kappa shape index (κ3) is 14.9. The average molecular weight is 379 g/mol. The van der Waals surface area contributed by atoms with E-state index in [0.29, 0.717) is 6.42 Å². The Morgan fingerprint density at radius 3 is 1.36 bits per heavy atom. The van der Waals surface area contributed by atoms with E-state index < -0.39 is 13.4 Å². The van der Waals surface area contributed by atoms with Gasteiger partial charge in [0.15, 0.2) is 0 Å². The van der Waals surface area contributed by atoms with Gasteiger partial charge in [-0.25, -0.2) is 4.57 Å². The smallest absolute Gasteiger partial charge is 0.303 e. The van der Waals surface area contributed by atoms with Gasteiger partial charge in [0.05, 0.1) is 5.60 Å². The number of unbranched alkanes of at least 4 members (excludes halogenated alkanes) is 11. The summed E-state index contributed by atoms with van der Waals surface area (Å²) in [5, 5.41) is 0. The molecule has 0 fully saturated rings. The summed E-state index contributed by atoms with van der Waals surface area (Å²) in [6.07, 6.45) is 17.8. The van der Waals surface area contributed by atoms with Crippen LogP contribution in [-0.2, 0) is 9.09 Å². The minimum atomic E-state index is -4.44. The maximum absolute atomic E-state index is 11.5. The lowest BCUT2D eigenvalue weighted by Crippen LogP contribution is -2.31. The van der Waals surface area contributed by atoms with Crippen molar-refractivity contribution in [3.05, 3.63) is 0 Å². The Labute approximate surface area is 156 Å². The molecule has 0 saturated heterocycles. The molecular weight excluding hydrogens is 335 g/mol. The van der Waals surface area contributed by atoms with Crippen molar-refractivity contribution in [2.24, 2.45) is 0 Å². The highest BCUT2D eigenvalue weighted by molar-refractivity contribution is 7.46. The molecule has 0 aromatic rings. The minimum Gasteiger partial charge on any atom is -0.303 e. The van der Waals surface area contributed by atoms with Gasteiger partial charge in [-0.2, -0.15) is 0 Å². The van der Waals surface area contributed by atoms with Crippen LogP contribution in [0.2, 0.25) is 0 Å². The van der Waals surface area contributed by atoms with Crippen molar-refractivity contribution in [1.82, 2.24) is 0 Å².